The van der Waals surface area contributed by atoms with E-state index in [0.29, 0.717) is 12.3 Å². The Balaban J connectivity index is 0.00000225. The van der Waals surface area contributed by atoms with Crippen molar-refractivity contribution in [2.24, 2.45) is 0 Å². The van der Waals surface area contributed by atoms with Gasteiger partial charge in [0.2, 0.25) is 5.91 Å². The Hall–Kier alpha value is -2.61. The van der Waals surface area contributed by atoms with E-state index < -0.39 is 6.09 Å². The molecule has 164 valence electrons. The number of fused-ring (bicyclic) bond motifs is 2. The SMILES string of the molecule is CCOC(=O)Nc1ccc2c(c1)N(C(=O)CNC(C)C)c1ccccc1CC2.Cl.O. The number of para-hydroxylation sites is 1. The molecule has 30 heavy (non-hydrogen) atoms. The van der Waals surface area contributed by atoms with Gasteiger partial charge in [-0.25, -0.2) is 4.79 Å². The van der Waals surface area contributed by atoms with E-state index in [1.54, 1.807) is 11.8 Å². The van der Waals surface area contributed by atoms with Crippen molar-refractivity contribution in [1.82, 2.24) is 5.32 Å². The van der Waals surface area contributed by atoms with E-state index >= 15 is 0 Å². The number of amides is 2. The number of nitrogens with one attached hydrogen (secondary N) is 2. The first-order valence-corrected chi connectivity index (χ1v) is 9.70. The smallest absolute Gasteiger partial charge is 0.411 e. The van der Waals surface area contributed by atoms with Gasteiger partial charge in [-0.05, 0) is 49.1 Å². The number of carbonyl (C=O) groups is 2. The monoisotopic (exact) mass is 435 g/mol. The van der Waals surface area contributed by atoms with Gasteiger partial charge in [0, 0.05) is 11.7 Å². The Morgan fingerprint density at radius 1 is 1.07 bits per heavy atom. The summed E-state index contributed by atoms with van der Waals surface area (Å²) in [6.07, 6.45) is 1.18. The maximum atomic E-state index is 13.2. The predicted octanol–water partition coefficient (Wildman–Crippen LogP) is 3.61. The molecule has 1 aliphatic heterocycles. The molecule has 0 spiro atoms. The van der Waals surface area contributed by atoms with Crippen molar-refractivity contribution in [2.75, 3.05) is 23.4 Å². The Bertz CT molecular complexity index is 873. The van der Waals surface area contributed by atoms with Crippen LogP contribution in [0.15, 0.2) is 42.5 Å². The van der Waals surface area contributed by atoms with Gasteiger partial charge in [-0.3, -0.25) is 15.0 Å². The summed E-state index contributed by atoms with van der Waals surface area (Å²) >= 11 is 0. The molecule has 2 aromatic carbocycles. The van der Waals surface area contributed by atoms with Gasteiger partial charge in [0.1, 0.15) is 0 Å². The van der Waals surface area contributed by atoms with Gasteiger partial charge in [-0.1, -0.05) is 38.1 Å². The van der Waals surface area contributed by atoms with Gasteiger partial charge in [0.05, 0.1) is 24.5 Å². The molecule has 0 radical (unpaired) electrons. The quantitative estimate of drug-likeness (QED) is 0.748. The molecule has 4 N–H and O–H groups in total. The lowest BCUT2D eigenvalue weighted by atomic mass is 10.0. The first-order valence-electron chi connectivity index (χ1n) is 9.70. The number of nitrogens with zero attached hydrogens (tertiary/aromatic N) is 1. The molecule has 0 aromatic heterocycles. The molecular weight excluding hydrogens is 406 g/mol. The van der Waals surface area contributed by atoms with Gasteiger partial charge in [0.25, 0.3) is 0 Å². The number of ether oxygens (including phenoxy) is 1. The van der Waals surface area contributed by atoms with Crippen LogP contribution in [0, 0.1) is 0 Å². The second kappa shape index (κ2) is 11.5. The number of anilines is 3. The maximum absolute atomic E-state index is 13.2. The van der Waals surface area contributed by atoms with Gasteiger partial charge >= 0.3 is 6.09 Å². The summed E-state index contributed by atoms with van der Waals surface area (Å²) in [5.41, 5.74) is 4.51. The Labute approximate surface area is 183 Å². The van der Waals surface area contributed by atoms with Crippen molar-refractivity contribution in [1.29, 1.82) is 0 Å². The van der Waals surface area contributed by atoms with Crippen LogP contribution in [0.5, 0.6) is 0 Å². The summed E-state index contributed by atoms with van der Waals surface area (Å²) < 4.78 is 4.97. The average molecular weight is 436 g/mol. The fourth-order valence-corrected chi connectivity index (χ4v) is 3.32. The second-order valence-electron chi connectivity index (χ2n) is 7.08. The summed E-state index contributed by atoms with van der Waals surface area (Å²) in [5.74, 6) is -0.0300. The number of carbonyl (C=O) groups excluding carboxylic acids is 2. The van der Waals surface area contributed by atoms with Crippen molar-refractivity contribution < 1.29 is 19.8 Å². The number of hydrogen-bond donors (Lipinski definition) is 2. The lowest BCUT2D eigenvalue weighted by Crippen LogP contribution is -2.38. The Kier molecular flexibility index (Phi) is 9.78. The van der Waals surface area contributed by atoms with Crippen LogP contribution in [-0.4, -0.2) is 36.7 Å². The highest BCUT2D eigenvalue weighted by molar-refractivity contribution is 6.04. The molecule has 2 amide bonds. The third-order valence-electron chi connectivity index (χ3n) is 4.66. The van der Waals surface area contributed by atoms with Crippen molar-refractivity contribution in [2.45, 2.75) is 39.7 Å². The highest BCUT2D eigenvalue weighted by Gasteiger charge is 2.26. The largest absolute Gasteiger partial charge is 0.450 e. The van der Waals surface area contributed by atoms with Crippen molar-refractivity contribution >= 4 is 41.5 Å². The van der Waals surface area contributed by atoms with Crippen LogP contribution in [0.2, 0.25) is 0 Å². The van der Waals surface area contributed by atoms with Crippen molar-refractivity contribution in [3.63, 3.8) is 0 Å². The van der Waals surface area contributed by atoms with Crippen molar-refractivity contribution in [3.05, 3.63) is 53.6 Å². The van der Waals surface area contributed by atoms with Crippen LogP contribution in [0.3, 0.4) is 0 Å². The summed E-state index contributed by atoms with van der Waals surface area (Å²) in [7, 11) is 0. The molecule has 7 nitrogen and oxygen atoms in total. The Morgan fingerprint density at radius 3 is 2.40 bits per heavy atom. The standard InChI is InChI=1S/C22H27N3O3.ClH.H2O/c1-4-28-22(27)24-18-12-11-17-10-9-16-7-5-6-8-19(16)25(20(17)13-18)21(26)14-23-15(2)3;;/h5-8,11-13,15,23H,4,9-10,14H2,1-3H3,(H,24,27);1H;1H2. The van der Waals surface area contributed by atoms with Gasteiger partial charge in [-0.2, -0.15) is 0 Å². The van der Waals surface area contributed by atoms with E-state index in [-0.39, 0.29) is 36.4 Å². The van der Waals surface area contributed by atoms with Crippen LogP contribution in [-0.2, 0) is 22.4 Å². The molecule has 2 aromatic rings. The minimum absolute atomic E-state index is 0. The van der Waals surface area contributed by atoms with Crippen LogP contribution >= 0.6 is 12.4 Å². The zero-order chi connectivity index (χ0) is 20.1. The van der Waals surface area contributed by atoms with E-state index in [4.69, 9.17) is 4.74 Å². The van der Waals surface area contributed by atoms with Crippen LogP contribution < -0.4 is 15.5 Å². The fourth-order valence-electron chi connectivity index (χ4n) is 3.32. The first-order chi connectivity index (χ1) is 13.5. The van der Waals surface area contributed by atoms with Crippen LogP contribution in [0.4, 0.5) is 21.9 Å². The molecule has 0 bridgehead atoms. The topological polar surface area (TPSA) is 102 Å². The zero-order valence-corrected chi connectivity index (χ0v) is 18.3. The number of benzene rings is 2. The molecule has 1 aliphatic rings. The molecule has 8 heteroatoms. The highest BCUT2D eigenvalue weighted by atomic mass is 35.5. The second-order valence-corrected chi connectivity index (χ2v) is 7.08. The van der Waals surface area contributed by atoms with Crippen LogP contribution in [0.1, 0.15) is 31.9 Å². The highest BCUT2D eigenvalue weighted by Crippen LogP contribution is 2.37. The summed E-state index contributed by atoms with van der Waals surface area (Å²) in [6, 6.07) is 13.9. The number of hydrogen-bond acceptors (Lipinski definition) is 4. The van der Waals surface area contributed by atoms with Gasteiger partial charge in [0.15, 0.2) is 0 Å². The predicted molar refractivity (Wildman–Crippen MR) is 122 cm³/mol. The van der Waals surface area contributed by atoms with E-state index in [1.165, 1.54) is 0 Å². The normalized spacial score (nSPS) is 11.9. The lowest BCUT2D eigenvalue weighted by molar-refractivity contribution is -0.117. The Morgan fingerprint density at radius 2 is 1.73 bits per heavy atom. The number of aryl methyl sites for hydroxylation is 2. The molecule has 3 rings (SSSR count). The molecule has 0 atom stereocenters. The molecule has 0 saturated carbocycles. The maximum Gasteiger partial charge on any atom is 0.411 e. The minimum Gasteiger partial charge on any atom is -0.450 e. The third kappa shape index (κ3) is 5.95. The van der Waals surface area contributed by atoms with E-state index in [9.17, 15) is 9.59 Å². The molecule has 0 saturated heterocycles. The van der Waals surface area contributed by atoms with E-state index in [1.807, 2.05) is 50.2 Å². The summed E-state index contributed by atoms with van der Waals surface area (Å²) in [6.45, 7) is 6.32. The van der Waals surface area contributed by atoms with Gasteiger partial charge < -0.3 is 15.5 Å². The van der Waals surface area contributed by atoms with Crippen LogP contribution in [0.25, 0.3) is 0 Å². The molecule has 0 fully saturated rings. The number of rotatable bonds is 5. The first kappa shape index (κ1) is 25.4. The summed E-state index contributed by atoms with van der Waals surface area (Å²) in [5, 5.41) is 5.94. The van der Waals surface area contributed by atoms with Crippen molar-refractivity contribution in [3.8, 4) is 0 Å². The minimum atomic E-state index is -0.504. The van der Waals surface area contributed by atoms with Gasteiger partial charge in [-0.15, -0.1) is 12.4 Å². The average Bonchev–Trinajstić information content (AvgIpc) is 2.83. The molecule has 0 aliphatic carbocycles. The zero-order valence-electron chi connectivity index (χ0n) is 17.5. The third-order valence-corrected chi connectivity index (χ3v) is 4.66. The van der Waals surface area contributed by atoms with E-state index in [0.717, 1.165) is 35.3 Å². The molecular formula is C22H30ClN3O4. The fraction of sp³-hybridized carbons (Fsp3) is 0.364. The lowest BCUT2D eigenvalue weighted by Gasteiger charge is -2.26. The molecule has 1 heterocycles. The van der Waals surface area contributed by atoms with E-state index in [2.05, 4.69) is 16.7 Å². The molecule has 0 unspecified atom stereocenters. The summed E-state index contributed by atoms with van der Waals surface area (Å²) in [4.78, 5) is 26.8. The number of halogens is 1.